The molecule has 0 aliphatic carbocycles. The predicted molar refractivity (Wildman–Crippen MR) is 72.3 cm³/mol. The van der Waals surface area contributed by atoms with Crippen molar-refractivity contribution in [1.82, 2.24) is 5.32 Å². The Hall–Kier alpha value is -1.31. The Balaban J connectivity index is 2.55. The monoisotopic (exact) mass is 233 g/mol. The molecule has 17 heavy (non-hydrogen) atoms. The highest BCUT2D eigenvalue weighted by Gasteiger charge is 2.08. The van der Waals surface area contributed by atoms with E-state index in [1.54, 1.807) is 0 Å². The number of nitrogens with one attached hydrogen (secondary N) is 1. The number of carbonyl (C=O) groups excluding carboxylic acids is 1. The van der Waals surface area contributed by atoms with E-state index >= 15 is 0 Å². The van der Waals surface area contributed by atoms with Gasteiger partial charge in [-0.2, -0.15) is 0 Å². The van der Waals surface area contributed by atoms with Crippen molar-refractivity contribution in [1.29, 1.82) is 0 Å². The number of amides is 1. The first-order valence-electron chi connectivity index (χ1n) is 6.65. The Morgan fingerprint density at radius 2 is 1.88 bits per heavy atom. The van der Waals surface area contributed by atoms with Crippen molar-refractivity contribution in [2.75, 3.05) is 6.54 Å². The molecule has 0 spiro atoms. The second-order valence-electron chi connectivity index (χ2n) is 4.37. The van der Waals surface area contributed by atoms with E-state index in [0.717, 1.165) is 36.9 Å². The molecule has 0 aromatic heterocycles. The Labute approximate surface area is 104 Å². The van der Waals surface area contributed by atoms with Crippen LogP contribution in [0.3, 0.4) is 0 Å². The van der Waals surface area contributed by atoms with Crippen molar-refractivity contribution in [3.8, 4) is 0 Å². The molecule has 1 aromatic carbocycles. The zero-order valence-electron chi connectivity index (χ0n) is 11.0. The van der Waals surface area contributed by atoms with Gasteiger partial charge < -0.3 is 5.32 Å². The summed E-state index contributed by atoms with van der Waals surface area (Å²) >= 11 is 0. The quantitative estimate of drug-likeness (QED) is 0.717. The van der Waals surface area contributed by atoms with Gasteiger partial charge in [0.2, 0.25) is 0 Å². The van der Waals surface area contributed by atoms with E-state index < -0.39 is 0 Å². The molecule has 0 saturated heterocycles. The van der Waals surface area contributed by atoms with Crippen LogP contribution in [-0.4, -0.2) is 12.5 Å². The fourth-order valence-electron chi connectivity index (χ4n) is 1.90. The molecule has 0 aliphatic heterocycles. The largest absolute Gasteiger partial charge is 0.352 e. The highest BCUT2D eigenvalue weighted by molar-refractivity contribution is 5.95. The molecule has 2 heteroatoms. The molecule has 0 atom stereocenters. The Morgan fingerprint density at radius 1 is 1.12 bits per heavy atom. The number of hydrogen-bond donors (Lipinski definition) is 1. The standard InChI is InChI=1S/C15H23NO/c1-3-5-8-12-16-15(17)14-11-7-6-10-13(14)9-4-2/h6-7,10-11H,3-5,8-9,12H2,1-2H3,(H,16,17). The van der Waals surface area contributed by atoms with Crippen LogP contribution in [-0.2, 0) is 6.42 Å². The van der Waals surface area contributed by atoms with Gasteiger partial charge in [0.15, 0.2) is 0 Å². The average molecular weight is 233 g/mol. The van der Waals surface area contributed by atoms with Crippen LogP contribution in [0.2, 0.25) is 0 Å². The summed E-state index contributed by atoms with van der Waals surface area (Å²) in [6.07, 6.45) is 5.47. The van der Waals surface area contributed by atoms with Crippen molar-refractivity contribution in [3.05, 3.63) is 35.4 Å². The van der Waals surface area contributed by atoms with Crippen LogP contribution in [0.1, 0.15) is 55.5 Å². The van der Waals surface area contributed by atoms with Crippen molar-refractivity contribution in [3.63, 3.8) is 0 Å². The molecular formula is C15H23NO. The maximum Gasteiger partial charge on any atom is 0.251 e. The third kappa shape index (κ3) is 4.59. The van der Waals surface area contributed by atoms with Gasteiger partial charge in [-0.15, -0.1) is 0 Å². The lowest BCUT2D eigenvalue weighted by Crippen LogP contribution is -2.25. The van der Waals surface area contributed by atoms with E-state index in [-0.39, 0.29) is 5.91 Å². The van der Waals surface area contributed by atoms with Crippen LogP contribution in [0.25, 0.3) is 0 Å². The van der Waals surface area contributed by atoms with Crippen molar-refractivity contribution in [2.24, 2.45) is 0 Å². The first kappa shape index (κ1) is 13.8. The van der Waals surface area contributed by atoms with Crippen molar-refractivity contribution < 1.29 is 4.79 Å². The minimum Gasteiger partial charge on any atom is -0.352 e. The molecule has 0 heterocycles. The Bertz CT molecular complexity index is 347. The van der Waals surface area contributed by atoms with Crippen LogP contribution >= 0.6 is 0 Å². The van der Waals surface area contributed by atoms with Gasteiger partial charge >= 0.3 is 0 Å². The highest BCUT2D eigenvalue weighted by atomic mass is 16.1. The van der Waals surface area contributed by atoms with E-state index in [4.69, 9.17) is 0 Å². The fourth-order valence-corrected chi connectivity index (χ4v) is 1.90. The lowest BCUT2D eigenvalue weighted by atomic mass is 10.0. The zero-order valence-corrected chi connectivity index (χ0v) is 11.0. The number of carbonyl (C=O) groups is 1. The van der Waals surface area contributed by atoms with E-state index in [1.807, 2.05) is 24.3 Å². The lowest BCUT2D eigenvalue weighted by Gasteiger charge is -2.09. The van der Waals surface area contributed by atoms with Gasteiger partial charge in [-0.05, 0) is 24.5 Å². The normalized spacial score (nSPS) is 10.2. The molecule has 1 N–H and O–H groups in total. The second-order valence-corrected chi connectivity index (χ2v) is 4.37. The third-order valence-corrected chi connectivity index (χ3v) is 2.85. The number of aryl methyl sites for hydroxylation is 1. The number of benzene rings is 1. The van der Waals surface area contributed by atoms with Gasteiger partial charge in [-0.25, -0.2) is 0 Å². The molecular weight excluding hydrogens is 210 g/mol. The predicted octanol–water partition coefficient (Wildman–Crippen LogP) is 3.56. The van der Waals surface area contributed by atoms with Crippen molar-refractivity contribution in [2.45, 2.75) is 46.0 Å². The molecule has 94 valence electrons. The summed E-state index contributed by atoms with van der Waals surface area (Å²) in [6.45, 7) is 5.08. The summed E-state index contributed by atoms with van der Waals surface area (Å²) in [5.74, 6) is 0.0742. The molecule has 0 aliphatic rings. The third-order valence-electron chi connectivity index (χ3n) is 2.85. The average Bonchev–Trinajstić information content (AvgIpc) is 2.35. The maximum absolute atomic E-state index is 12.0. The molecule has 0 bridgehead atoms. The summed E-state index contributed by atoms with van der Waals surface area (Å²) < 4.78 is 0. The summed E-state index contributed by atoms with van der Waals surface area (Å²) in [5.41, 5.74) is 1.99. The first-order valence-corrected chi connectivity index (χ1v) is 6.65. The highest BCUT2D eigenvalue weighted by Crippen LogP contribution is 2.11. The first-order chi connectivity index (χ1) is 8.29. The topological polar surface area (TPSA) is 29.1 Å². The van der Waals surface area contributed by atoms with Gasteiger partial charge in [-0.1, -0.05) is 51.3 Å². The molecule has 1 amide bonds. The molecule has 2 nitrogen and oxygen atoms in total. The molecule has 0 unspecified atom stereocenters. The van der Waals surface area contributed by atoms with Gasteiger partial charge in [0.1, 0.15) is 0 Å². The van der Waals surface area contributed by atoms with Gasteiger partial charge in [0, 0.05) is 12.1 Å². The van der Waals surface area contributed by atoms with Gasteiger partial charge in [0.25, 0.3) is 5.91 Å². The lowest BCUT2D eigenvalue weighted by molar-refractivity contribution is 0.0952. The number of rotatable bonds is 7. The van der Waals surface area contributed by atoms with Crippen molar-refractivity contribution >= 4 is 5.91 Å². The van der Waals surface area contributed by atoms with Crippen LogP contribution in [0.15, 0.2) is 24.3 Å². The smallest absolute Gasteiger partial charge is 0.251 e. The molecule has 1 aromatic rings. The van der Waals surface area contributed by atoms with E-state index in [9.17, 15) is 4.79 Å². The Kier molecular flexibility index (Phi) is 6.38. The summed E-state index contributed by atoms with van der Waals surface area (Å²) in [6, 6.07) is 7.89. The van der Waals surface area contributed by atoms with Gasteiger partial charge in [-0.3, -0.25) is 4.79 Å². The van der Waals surface area contributed by atoms with E-state index in [0.29, 0.717) is 0 Å². The Morgan fingerprint density at radius 3 is 2.59 bits per heavy atom. The SMILES string of the molecule is CCCCCNC(=O)c1ccccc1CCC. The summed E-state index contributed by atoms with van der Waals surface area (Å²) in [7, 11) is 0. The molecule has 0 radical (unpaired) electrons. The second kappa shape index (κ2) is 7.88. The van der Waals surface area contributed by atoms with Crippen LogP contribution in [0.5, 0.6) is 0 Å². The molecule has 1 rings (SSSR count). The zero-order chi connectivity index (χ0) is 12.5. The molecule has 0 saturated carbocycles. The van der Waals surface area contributed by atoms with Crippen LogP contribution in [0.4, 0.5) is 0 Å². The maximum atomic E-state index is 12.0. The number of hydrogen-bond acceptors (Lipinski definition) is 1. The van der Waals surface area contributed by atoms with Gasteiger partial charge in [0.05, 0.1) is 0 Å². The summed E-state index contributed by atoms with van der Waals surface area (Å²) in [5, 5.41) is 2.99. The van der Waals surface area contributed by atoms with E-state index in [1.165, 1.54) is 12.8 Å². The van der Waals surface area contributed by atoms with Crippen LogP contribution in [0, 0.1) is 0 Å². The van der Waals surface area contributed by atoms with Crippen LogP contribution < -0.4 is 5.32 Å². The summed E-state index contributed by atoms with van der Waals surface area (Å²) in [4.78, 5) is 12.0. The minimum atomic E-state index is 0.0742. The molecule has 0 fully saturated rings. The fraction of sp³-hybridized carbons (Fsp3) is 0.533. The minimum absolute atomic E-state index is 0.0742. The number of unbranched alkanes of at least 4 members (excludes halogenated alkanes) is 2. The van der Waals surface area contributed by atoms with E-state index in [2.05, 4.69) is 19.2 Å².